The van der Waals surface area contributed by atoms with Gasteiger partial charge in [-0.2, -0.15) is 0 Å². The molecule has 0 radical (unpaired) electrons. The predicted molar refractivity (Wildman–Crippen MR) is 85.9 cm³/mol. The summed E-state index contributed by atoms with van der Waals surface area (Å²) in [6, 6.07) is 0. The van der Waals surface area contributed by atoms with Crippen LogP contribution in [0.15, 0.2) is 16.6 Å². The van der Waals surface area contributed by atoms with Gasteiger partial charge in [0.15, 0.2) is 0 Å². The van der Waals surface area contributed by atoms with Crippen molar-refractivity contribution in [3.8, 4) is 0 Å². The highest BCUT2D eigenvalue weighted by molar-refractivity contribution is 6.15. The third-order valence-electron chi connectivity index (χ3n) is 2.83. The van der Waals surface area contributed by atoms with Gasteiger partial charge in [-0.3, -0.25) is 14.7 Å². The van der Waals surface area contributed by atoms with Gasteiger partial charge >= 0.3 is 0 Å². The third-order valence-corrected chi connectivity index (χ3v) is 2.83. The van der Waals surface area contributed by atoms with Gasteiger partial charge in [0.2, 0.25) is 0 Å². The van der Waals surface area contributed by atoms with Crippen LogP contribution in [-0.4, -0.2) is 27.7 Å². The van der Waals surface area contributed by atoms with Crippen LogP contribution in [0.1, 0.15) is 68.7 Å². The predicted octanol–water partition coefficient (Wildman–Crippen LogP) is 4.19. The number of aliphatic imine (C=N–C) groups is 1. The van der Waals surface area contributed by atoms with E-state index in [1.54, 1.807) is 0 Å². The van der Waals surface area contributed by atoms with Crippen LogP contribution in [0.4, 0.5) is 0 Å². The summed E-state index contributed by atoms with van der Waals surface area (Å²) in [4.78, 5) is 19.3. The molecule has 1 aliphatic heterocycles. The normalized spacial score (nSPS) is 22.2. The summed E-state index contributed by atoms with van der Waals surface area (Å²) in [5, 5.41) is 0. The molecule has 3 heteroatoms. The topological polar surface area (TPSA) is 32.7 Å². The minimum Gasteiger partial charge on any atom is -0.291 e. The monoisotopic (exact) mass is 278 g/mol. The van der Waals surface area contributed by atoms with E-state index < -0.39 is 0 Å². The van der Waals surface area contributed by atoms with Gasteiger partial charge in [-0.1, -0.05) is 26.8 Å². The maximum Gasteiger partial charge on any atom is 0.255 e. The Morgan fingerprint density at radius 1 is 1.00 bits per heavy atom. The lowest BCUT2D eigenvalue weighted by atomic mass is 9.93. The molecule has 3 nitrogen and oxygen atoms in total. The van der Waals surface area contributed by atoms with Crippen molar-refractivity contribution in [2.45, 2.75) is 79.8 Å². The molecule has 0 aromatic carbocycles. The molecule has 1 heterocycles. The van der Waals surface area contributed by atoms with Gasteiger partial charge in [0, 0.05) is 17.5 Å². The van der Waals surface area contributed by atoms with Gasteiger partial charge in [0.25, 0.3) is 5.91 Å². The van der Waals surface area contributed by atoms with Crippen molar-refractivity contribution in [3.63, 3.8) is 0 Å². The molecule has 0 atom stereocenters. The number of hydrogen-bond donors (Lipinski definition) is 0. The highest BCUT2D eigenvalue weighted by Gasteiger charge is 2.40. The highest BCUT2D eigenvalue weighted by Crippen LogP contribution is 2.32. The molecule has 1 saturated heterocycles. The molecule has 0 spiro atoms. The van der Waals surface area contributed by atoms with Crippen LogP contribution >= 0.6 is 0 Å². The van der Waals surface area contributed by atoms with Crippen LogP contribution in [0.2, 0.25) is 0 Å². The summed E-state index contributed by atoms with van der Waals surface area (Å²) in [6.45, 7) is 18.7. The molecular formula is C17H30N2O. The van der Waals surface area contributed by atoms with Crippen LogP contribution < -0.4 is 0 Å². The number of amidine groups is 1. The maximum absolute atomic E-state index is 12.7. The van der Waals surface area contributed by atoms with E-state index >= 15 is 0 Å². The zero-order chi connectivity index (χ0) is 15.9. The number of carbonyl (C=O) groups excluding carboxylic acids is 1. The van der Waals surface area contributed by atoms with Crippen molar-refractivity contribution in [1.82, 2.24) is 4.90 Å². The summed E-state index contributed by atoms with van der Waals surface area (Å²) < 4.78 is 0. The number of carbonyl (C=O) groups is 1. The van der Waals surface area contributed by atoms with E-state index in [0.29, 0.717) is 6.42 Å². The standard InChI is InChI=1S/C17H30N2O/c1-15(2,3)11-12-10-13(18-16(4,5)6)19(14(12)20)17(7,8)9/h11H,10H2,1-9H3/b12-11+,18-13+. The van der Waals surface area contributed by atoms with Crippen molar-refractivity contribution in [3.05, 3.63) is 11.6 Å². The third kappa shape index (κ3) is 4.46. The molecule has 1 fully saturated rings. The lowest BCUT2D eigenvalue weighted by Crippen LogP contribution is -2.45. The van der Waals surface area contributed by atoms with Gasteiger partial charge in [-0.05, 0) is 47.0 Å². The van der Waals surface area contributed by atoms with Gasteiger partial charge in [-0.15, -0.1) is 0 Å². The second-order valence-corrected chi connectivity index (χ2v) is 8.72. The molecule has 1 amide bonds. The highest BCUT2D eigenvalue weighted by atomic mass is 16.2. The molecule has 0 bridgehead atoms. The molecule has 1 aliphatic rings. The first-order valence-corrected chi connectivity index (χ1v) is 7.36. The molecule has 114 valence electrons. The minimum atomic E-state index is -0.241. The summed E-state index contributed by atoms with van der Waals surface area (Å²) in [7, 11) is 0. The second-order valence-electron chi connectivity index (χ2n) is 8.72. The molecule has 1 rings (SSSR count). The number of allylic oxidation sites excluding steroid dienone is 1. The average Bonchev–Trinajstić information content (AvgIpc) is 2.35. The van der Waals surface area contributed by atoms with Crippen LogP contribution in [0.5, 0.6) is 0 Å². The molecule has 0 aromatic rings. The first kappa shape index (κ1) is 16.9. The zero-order valence-corrected chi connectivity index (χ0v) is 14.6. The molecule has 0 aromatic heterocycles. The van der Waals surface area contributed by atoms with Crippen molar-refractivity contribution in [1.29, 1.82) is 0 Å². The SMILES string of the molecule is CC(C)(C)/C=C1\C/C(=N\C(C)(C)C)N(C(C)(C)C)C1=O. The van der Waals surface area contributed by atoms with Crippen molar-refractivity contribution < 1.29 is 4.79 Å². The Balaban J connectivity index is 3.30. The van der Waals surface area contributed by atoms with E-state index in [2.05, 4.69) is 68.4 Å². The smallest absolute Gasteiger partial charge is 0.255 e. The summed E-state index contributed by atoms with van der Waals surface area (Å²) in [5.74, 6) is 1.00. The van der Waals surface area contributed by atoms with E-state index in [1.807, 2.05) is 4.90 Å². The van der Waals surface area contributed by atoms with E-state index in [0.717, 1.165) is 11.4 Å². The van der Waals surface area contributed by atoms with Crippen molar-refractivity contribution in [2.24, 2.45) is 10.4 Å². The van der Waals surface area contributed by atoms with E-state index in [-0.39, 0.29) is 22.4 Å². The van der Waals surface area contributed by atoms with Crippen molar-refractivity contribution in [2.75, 3.05) is 0 Å². The Kier molecular flexibility index (Phi) is 4.24. The van der Waals surface area contributed by atoms with E-state index in [4.69, 9.17) is 4.99 Å². The quantitative estimate of drug-likeness (QED) is 0.612. The number of rotatable bonds is 0. The number of nitrogens with zero attached hydrogens (tertiary/aromatic N) is 2. The Hall–Kier alpha value is -1.12. The van der Waals surface area contributed by atoms with Gasteiger partial charge in [0.05, 0.1) is 5.54 Å². The number of hydrogen-bond acceptors (Lipinski definition) is 2. The lowest BCUT2D eigenvalue weighted by molar-refractivity contribution is -0.125. The Bertz CT molecular complexity index is 451. The first-order valence-electron chi connectivity index (χ1n) is 7.36. The van der Waals surface area contributed by atoms with E-state index in [1.165, 1.54) is 0 Å². The molecule has 20 heavy (non-hydrogen) atoms. The Labute approximate surface area is 124 Å². The fourth-order valence-corrected chi connectivity index (χ4v) is 2.39. The van der Waals surface area contributed by atoms with Gasteiger partial charge in [0.1, 0.15) is 5.84 Å². The minimum absolute atomic E-state index is 0.00568. The second kappa shape index (κ2) is 5.01. The summed E-state index contributed by atoms with van der Waals surface area (Å²) >= 11 is 0. The average molecular weight is 278 g/mol. The van der Waals surface area contributed by atoms with Gasteiger partial charge in [-0.25, -0.2) is 0 Å². The molecule has 0 aliphatic carbocycles. The molecule has 0 unspecified atom stereocenters. The van der Waals surface area contributed by atoms with Crippen LogP contribution in [0.25, 0.3) is 0 Å². The van der Waals surface area contributed by atoms with Gasteiger partial charge < -0.3 is 0 Å². The lowest BCUT2D eigenvalue weighted by Gasteiger charge is -2.33. The van der Waals surface area contributed by atoms with Crippen LogP contribution in [0.3, 0.4) is 0 Å². The fraction of sp³-hybridized carbons (Fsp3) is 0.765. The number of amides is 1. The van der Waals surface area contributed by atoms with Crippen LogP contribution in [0, 0.1) is 5.41 Å². The Morgan fingerprint density at radius 3 is 1.85 bits per heavy atom. The number of likely N-dealkylation sites (tertiary alicyclic amines) is 1. The first-order chi connectivity index (χ1) is 8.71. The Morgan fingerprint density at radius 2 is 1.50 bits per heavy atom. The van der Waals surface area contributed by atoms with E-state index in [9.17, 15) is 4.79 Å². The molecular weight excluding hydrogens is 248 g/mol. The fourth-order valence-electron chi connectivity index (χ4n) is 2.39. The zero-order valence-electron chi connectivity index (χ0n) is 14.6. The summed E-state index contributed by atoms with van der Waals surface area (Å²) in [6.07, 6.45) is 2.73. The van der Waals surface area contributed by atoms with Crippen molar-refractivity contribution >= 4 is 11.7 Å². The molecule has 0 N–H and O–H groups in total. The largest absolute Gasteiger partial charge is 0.291 e. The van der Waals surface area contributed by atoms with Crippen LogP contribution in [-0.2, 0) is 4.79 Å². The summed E-state index contributed by atoms with van der Waals surface area (Å²) in [5.41, 5.74) is 0.465. The molecule has 0 saturated carbocycles. The maximum atomic E-state index is 12.7.